The van der Waals surface area contributed by atoms with E-state index in [4.69, 9.17) is 11.6 Å². The van der Waals surface area contributed by atoms with Gasteiger partial charge in [0.1, 0.15) is 0 Å². The molecule has 1 N–H and O–H groups in total. The van der Waals surface area contributed by atoms with E-state index in [1.807, 2.05) is 0 Å². The van der Waals surface area contributed by atoms with Gasteiger partial charge in [0.25, 0.3) is 0 Å². The first kappa shape index (κ1) is 11.5. The van der Waals surface area contributed by atoms with Gasteiger partial charge in [-0.25, -0.2) is 0 Å². The second-order valence-corrected chi connectivity index (χ2v) is 4.03. The summed E-state index contributed by atoms with van der Waals surface area (Å²) in [6, 6.07) is 6.56. The van der Waals surface area contributed by atoms with Gasteiger partial charge in [-0.3, -0.25) is 0 Å². The van der Waals surface area contributed by atoms with E-state index in [0.29, 0.717) is 0 Å². The highest BCUT2D eigenvalue weighted by atomic mass is 35.5. The van der Waals surface area contributed by atoms with Crippen LogP contribution in [0.2, 0.25) is 0 Å². The lowest BCUT2D eigenvalue weighted by molar-refractivity contribution is 0.675. The summed E-state index contributed by atoms with van der Waals surface area (Å²) in [5, 5.41) is 3.39. The molecule has 1 rings (SSSR count). The Kier molecular flexibility index (Phi) is 4.99. The molecule has 0 spiro atoms. The molecule has 1 aromatic rings. The first-order chi connectivity index (χ1) is 6.74. The molecule has 0 fully saturated rings. The van der Waals surface area contributed by atoms with Crippen LogP contribution in [0.15, 0.2) is 18.2 Å². The lowest BCUT2D eigenvalue weighted by atomic mass is 10.1. The van der Waals surface area contributed by atoms with Crippen molar-refractivity contribution in [3.63, 3.8) is 0 Å². The lowest BCUT2D eigenvalue weighted by Gasteiger charge is -2.08. The Morgan fingerprint density at radius 3 is 2.79 bits per heavy atom. The number of hydrogen-bond acceptors (Lipinski definition) is 1. The zero-order valence-electron chi connectivity index (χ0n) is 8.94. The average molecular weight is 212 g/mol. The van der Waals surface area contributed by atoms with Gasteiger partial charge in [-0.1, -0.05) is 23.8 Å². The van der Waals surface area contributed by atoms with Crippen molar-refractivity contribution in [1.82, 2.24) is 5.32 Å². The predicted molar refractivity (Wildman–Crippen MR) is 63.0 cm³/mol. The standard InChI is InChI=1S/C12H18ClN/c1-10-4-5-11(2)12(8-10)9-14-7-3-6-13/h4-5,8,14H,3,6-7,9H2,1-2H3. The van der Waals surface area contributed by atoms with Gasteiger partial charge >= 0.3 is 0 Å². The molecular weight excluding hydrogens is 194 g/mol. The highest BCUT2D eigenvalue weighted by Crippen LogP contribution is 2.09. The van der Waals surface area contributed by atoms with Crippen LogP contribution in [0, 0.1) is 13.8 Å². The maximum atomic E-state index is 5.60. The van der Waals surface area contributed by atoms with Gasteiger partial charge in [0.05, 0.1) is 0 Å². The van der Waals surface area contributed by atoms with Crippen molar-refractivity contribution in [3.8, 4) is 0 Å². The average Bonchev–Trinajstić information content (AvgIpc) is 2.18. The maximum absolute atomic E-state index is 5.60. The third-order valence-corrected chi connectivity index (χ3v) is 2.57. The van der Waals surface area contributed by atoms with E-state index in [1.165, 1.54) is 16.7 Å². The minimum Gasteiger partial charge on any atom is -0.313 e. The molecule has 0 amide bonds. The van der Waals surface area contributed by atoms with Crippen LogP contribution in [-0.4, -0.2) is 12.4 Å². The van der Waals surface area contributed by atoms with Crippen molar-refractivity contribution < 1.29 is 0 Å². The van der Waals surface area contributed by atoms with Crippen LogP contribution in [0.25, 0.3) is 0 Å². The number of alkyl halides is 1. The Bertz CT molecular complexity index is 284. The van der Waals surface area contributed by atoms with Crippen molar-refractivity contribution in [1.29, 1.82) is 0 Å². The largest absolute Gasteiger partial charge is 0.313 e. The van der Waals surface area contributed by atoms with E-state index in [0.717, 1.165) is 25.4 Å². The summed E-state index contributed by atoms with van der Waals surface area (Å²) in [6.45, 7) is 6.22. The van der Waals surface area contributed by atoms with Crippen molar-refractivity contribution in [2.75, 3.05) is 12.4 Å². The van der Waals surface area contributed by atoms with Gasteiger partial charge in [-0.15, -0.1) is 11.6 Å². The van der Waals surface area contributed by atoms with Gasteiger partial charge in [-0.2, -0.15) is 0 Å². The molecule has 0 aliphatic rings. The molecule has 0 aliphatic heterocycles. The number of rotatable bonds is 5. The minimum absolute atomic E-state index is 0.736. The van der Waals surface area contributed by atoms with Gasteiger partial charge in [0, 0.05) is 12.4 Å². The Morgan fingerprint density at radius 2 is 2.07 bits per heavy atom. The Hall–Kier alpha value is -0.530. The second-order valence-electron chi connectivity index (χ2n) is 3.65. The van der Waals surface area contributed by atoms with E-state index in [9.17, 15) is 0 Å². The van der Waals surface area contributed by atoms with Crippen molar-refractivity contribution >= 4 is 11.6 Å². The van der Waals surface area contributed by atoms with E-state index in [2.05, 4.69) is 37.4 Å². The summed E-state index contributed by atoms with van der Waals surface area (Å²) in [7, 11) is 0. The van der Waals surface area contributed by atoms with Crippen molar-refractivity contribution in [3.05, 3.63) is 34.9 Å². The smallest absolute Gasteiger partial charge is 0.0235 e. The van der Waals surface area contributed by atoms with E-state index in [-0.39, 0.29) is 0 Å². The zero-order valence-corrected chi connectivity index (χ0v) is 9.69. The first-order valence-electron chi connectivity index (χ1n) is 5.07. The molecular formula is C12H18ClN. The molecule has 0 radical (unpaired) electrons. The van der Waals surface area contributed by atoms with Crippen LogP contribution in [0.1, 0.15) is 23.1 Å². The van der Waals surface area contributed by atoms with Gasteiger partial charge in [0.15, 0.2) is 0 Å². The van der Waals surface area contributed by atoms with Crippen molar-refractivity contribution in [2.24, 2.45) is 0 Å². The predicted octanol–water partition coefficient (Wildman–Crippen LogP) is 3.02. The normalized spacial score (nSPS) is 10.5. The number of halogens is 1. The summed E-state index contributed by atoms with van der Waals surface area (Å²) in [4.78, 5) is 0. The van der Waals surface area contributed by atoms with E-state index in [1.54, 1.807) is 0 Å². The molecule has 2 heteroatoms. The van der Waals surface area contributed by atoms with E-state index >= 15 is 0 Å². The molecule has 0 aromatic heterocycles. The molecule has 0 bridgehead atoms. The van der Waals surface area contributed by atoms with Crippen LogP contribution in [-0.2, 0) is 6.54 Å². The fourth-order valence-electron chi connectivity index (χ4n) is 1.41. The highest BCUT2D eigenvalue weighted by molar-refractivity contribution is 6.17. The summed E-state index contributed by atoms with van der Waals surface area (Å²) >= 11 is 5.60. The zero-order chi connectivity index (χ0) is 10.4. The number of aryl methyl sites for hydroxylation is 2. The van der Waals surface area contributed by atoms with Crippen LogP contribution in [0.4, 0.5) is 0 Å². The Labute approximate surface area is 91.5 Å². The molecule has 0 saturated carbocycles. The van der Waals surface area contributed by atoms with Gasteiger partial charge in [-0.05, 0) is 37.9 Å². The maximum Gasteiger partial charge on any atom is 0.0235 e. The molecule has 0 saturated heterocycles. The minimum atomic E-state index is 0.736. The quantitative estimate of drug-likeness (QED) is 0.583. The molecule has 78 valence electrons. The molecule has 0 heterocycles. The van der Waals surface area contributed by atoms with Gasteiger partial charge in [0.2, 0.25) is 0 Å². The third kappa shape index (κ3) is 3.69. The third-order valence-electron chi connectivity index (χ3n) is 2.31. The van der Waals surface area contributed by atoms with Crippen molar-refractivity contribution in [2.45, 2.75) is 26.8 Å². The van der Waals surface area contributed by atoms with Crippen LogP contribution in [0.5, 0.6) is 0 Å². The second kappa shape index (κ2) is 6.05. The summed E-state index contributed by atoms with van der Waals surface area (Å²) in [6.07, 6.45) is 1.03. The molecule has 1 aromatic carbocycles. The van der Waals surface area contributed by atoms with Crippen LogP contribution in [0.3, 0.4) is 0 Å². The number of benzene rings is 1. The molecule has 0 aliphatic carbocycles. The lowest BCUT2D eigenvalue weighted by Crippen LogP contribution is -2.15. The van der Waals surface area contributed by atoms with Crippen LogP contribution >= 0.6 is 11.6 Å². The van der Waals surface area contributed by atoms with Crippen LogP contribution < -0.4 is 5.32 Å². The Morgan fingerprint density at radius 1 is 1.29 bits per heavy atom. The fraction of sp³-hybridized carbons (Fsp3) is 0.500. The first-order valence-corrected chi connectivity index (χ1v) is 5.60. The monoisotopic (exact) mass is 211 g/mol. The molecule has 1 nitrogen and oxygen atoms in total. The number of nitrogens with one attached hydrogen (secondary N) is 1. The fourth-order valence-corrected chi connectivity index (χ4v) is 1.54. The number of hydrogen-bond donors (Lipinski definition) is 1. The molecule has 0 unspecified atom stereocenters. The van der Waals surface area contributed by atoms with Gasteiger partial charge < -0.3 is 5.32 Å². The summed E-state index contributed by atoms with van der Waals surface area (Å²) < 4.78 is 0. The Balaban J connectivity index is 2.45. The SMILES string of the molecule is Cc1ccc(C)c(CNCCCCl)c1. The molecule has 14 heavy (non-hydrogen) atoms. The molecule has 0 atom stereocenters. The van der Waals surface area contributed by atoms with E-state index < -0.39 is 0 Å². The highest BCUT2D eigenvalue weighted by Gasteiger charge is 1.97. The topological polar surface area (TPSA) is 12.0 Å². The summed E-state index contributed by atoms with van der Waals surface area (Å²) in [5.41, 5.74) is 4.07. The summed E-state index contributed by atoms with van der Waals surface area (Å²) in [5.74, 6) is 0.736.